The van der Waals surface area contributed by atoms with E-state index in [0.29, 0.717) is 0 Å². The van der Waals surface area contributed by atoms with Crippen LogP contribution in [0.5, 0.6) is 11.5 Å². The number of aryl methyl sites for hydroxylation is 2. The summed E-state index contributed by atoms with van der Waals surface area (Å²) < 4.78 is 28.2. The molecule has 0 saturated heterocycles. The normalized spacial score (nSPS) is 14.0. The number of rotatable bonds is 8. The fraction of sp³-hybridized carbons (Fsp3) is 0.209. The molecule has 0 atom stereocenters. The number of para-hydroxylation sites is 8. The van der Waals surface area contributed by atoms with Gasteiger partial charge >= 0.3 is 48.1 Å². The molecule has 0 fully saturated rings. The van der Waals surface area contributed by atoms with E-state index in [4.69, 9.17) is 18.3 Å². The molecule has 4 aromatic carbocycles. The number of hydrogen-bond acceptors (Lipinski definition) is 6. The number of anilines is 2. The quantitative estimate of drug-likeness (QED) is 0.0956. The predicted octanol–water partition coefficient (Wildman–Crippen LogP) is 6.73. The molecule has 0 radical (unpaired) electrons. The third-order valence-corrected chi connectivity index (χ3v) is 8.77. The van der Waals surface area contributed by atoms with Gasteiger partial charge in [0.15, 0.2) is 11.5 Å². The average molecular weight is 1060 g/mol. The van der Waals surface area contributed by atoms with Gasteiger partial charge in [-0.25, -0.2) is 0 Å². The number of fused-ring (bicyclic) bond motifs is 4. The second-order valence-corrected chi connectivity index (χ2v) is 11.7. The van der Waals surface area contributed by atoms with E-state index in [9.17, 15) is 0 Å². The summed E-state index contributed by atoms with van der Waals surface area (Å²) >= 11 is 4.88. The molecule has 55 heavy (non-hydrogen) atoms. The summed E-state index contributed by atoms with van der Waals surface area (Å²) in [5.41, 5.74) is 6.23. The van der Waals surface area contributed by atoms with Gasteiger partial charge in [0.2, 0.25) is 22.9 Å². The minimum Gasteiger partial charge on any atom is -1.00 e. The van der Waals surface area contributed by atoms with Crippen molar-refractivity contribution in [2.45, 2.75) is 48.2 Å². The Labute approximate surface area is 363 Å². The van der Waals surface area contributed by atoms with Crippen molar-refractivity contribution >= 4 is 64.7 Å². The van der Waals surface area contributed by atoms with Crippen molar-refractivity contribution in [2.75, 3.05) is 22.9 Å². The predicted molar refractivity (Wildman–Crippen MR) is 223 cm³/mol. The molecule has 294 valence electrons. The van der Waals surface area contributed by atoms with E-state index in [2.05, 4.69) is 88.1 Å². The molecule has 2 aliphatic heterocycles. The number of halogens is 2. The van der Waals surface area contributed by atoms with E-state index in [0.717, 1.165) is 94.8 Å². The summed E-state index contributed by atoms with van der Waals surface area (Å²) in [5.74, 6) is 5.13. The van der Waals surface area contributed by atoms with Crippen LogP contribution >= 0.6 is 19.0 Å². The molecule has 12 heteroatoms. The first-order valence-electron chi connectivity index (χ1n) is 17.4. The van der Waals surface area contributed by atoms with Gasteiger partial charge in [-0.2, -0.15) is 9.13 Å². The van der Waals surface area contributed by atoms with E-state index in [1.165, 1.54) is 0 Å². The maximum absolute atomic E-state index is 5.96. The van der Waals surface area contributed by atoms with E-state index in [-0.39, 0.29) is 36.9 Å². The number of benzene rings is 4. The number of ether oxygens (including phenoxy) is 2. The van der Waals surface area contributed by atoms with Gasteiger partial charge in [0.05, 0.1) is 23.5 Å². The SMILES string of the molecule is C.CCN1C(=CC=Cc2oc3ccccc3[n+]2CC)Oc2ccccc21.CCN1C(=CC=Cc2oc3ccccc3[n+]2CC)Oc2ccccc21.O.[Ag][I].[I-]. The molecule has 0 amide bonds. The Balaban J connectivity index is 0.000000269. The zero-order valence-electron chi connectivity index (χ0n) is 30.5. The van der Waals surface area contributed by atoms with Crippen molar-refractivity contribution in [3.8, 4) is 11.5 Å². The van der Waals surface area contributed by atoms with Crippen LogP contribution in [0.1, 0.15) is 46.9 Å². The van der Waals surface area contributed by atoms with Gasteiger partial charge < -0.3 is 57.6 Å². The zero-order valence-corrected chi connectivity index (χ0v) is 36.3. The molecule has 0 saturated carbocycles. The van der Waals surface area contributed by atoms with Crippen molar-refractivity contribution in [3.05, 3.63) is 145 Å². The largest absolute Gasteiger partial charge is 1.00 e. The number of aromatic nitrogens is 2. The van der Waals surface area contributed by atoms with Gasteiger partial charge in [-0.05, 0) is 88.4 Å². The molecule has 0 spiro atoms. The van der Waals surface area contributed by atoms with Crippen molar-refractivity contribution in [3.63, 3.8) is 0 Å². The third-order valence-electron chi connectivity index (χ3n) is 8.77. The van der Waals surface area contributed by atoms with Gasteiger partial charge in [-0.15, -0.1) is 0 Å². The minimum atomic E-state index is 0. The fourth-order valence-corrected chi connectivity index (χ4v) is 6.44. The van der Waals surface area contributed by atoms with Crippen molar-refractivity contribution in [1.82, 2.24) is 0 Å². The number of allylic oxidation sites excluding steroid dienone is 4. The second kappa shape index (κ2) is 22.0. The van der Waals surface area contributed by atoms with Crippen LogP contribution in [0.4, 0.5) is 11.4 Å². The van der Waals surface area contributed by atoms with Gasteiger partial charge in [0.25, 0.3) is 11.0 Å². The molecule has 2 aliphatic rings. The van der Waals surface area contributed by atoms with Gasteiger partial charge in [-0.3, -0.25) is 0 Å². The van der Waals surface area contributed by atoms with E-state index in [1.54, 1.807) is 0 Å². The smallest absolute Gasteiger partial charge is 1.00 e. The summed E-state index contributed by atoms with van der Waals surface area (Å²) in [5, 5.41) is 0. The van der Waals surface area contributed by atoms with Crippen LogP contribution in [0.2, 0.25) is 0 Å². The van der Waals surface area contributed by atoms with Crippen LogP contribution in [-0.2, 0) is 30.3 Å². The molecule has 6 aromatic rings. The van der Waals surface area contributed by atoms with Crippen molar-refractivity contribution in [2.24, 2.45) is 0 Å². The first-order chi connectivity index (χ1) is 25.6. The Hall–Kier alpha value is -3.86. The van der Waals surface area contributed by atoms with Crippen LogP contribution in [0.25, 0.3) is 34.4 Å². The van der Waals surface area contributed by atoms with Crippen LogP contribution in [0, 0.1) is 0 Å². The Bertz CT molecular complexity index is 2120. The molecule has 2 N–H and O–H groups in total. The molecule has 0 bridgehead atoms. The number of hydrogen-bond donors (Lipinski definition) is 0. The molecule has 0 aliphatic carbocycles. The van der Waals surface area contributed by atoms with Crippen LogP contribution in [-0.4, -0.2) is 18.6 Å². The Kier molecular flexibility index (Phi) is 18.2. The second-order valence-electron chi connectivity index (χ2n) is 11.7. The first-order valence-corrected chi connectivity index (χ1v) is 21.8. The number of nitrogens with zero attached hydrogens (tertiary/aromatic N) is 4. The summed E-state index contributed by atoms with van der Waals surface area (Å²) in [6.07, 6.45) is 11.9. The first kappa shape index (κ1) is 45.5. The molecule has 2 aromatic heterocycles. The monoisotopic (exact) mass is 1060 g/mol. The molecule has 4 heterocycles. The summed E-state index contributed by atoms with van der Waals surface area (Å²) in [7, 11) is 0. The van der Waals surface area contributed by atoms with Gasteiger partial charge in [0, 0.05) is 25.2 Å². The topological polar surface area (TPSA) is 90.5 Å². The van der Waals surface area contributed by atoms with Crippen molar-refractivity contribution in [1.29, 1.82) is 0 Å². The van der Waals surface area contributed by atoms with E-state index in [1.807, 2.05) is 128 Å². The minimum absolute atomic E-state index is 0. The van der Waals surface area contributed by atoms with Crippen LogP contribution < -0.4 is 52.4 Å². The maximum Gasteiger partial charge on any atom is -1.00 e. The summed E-state index contributed by atoms with van der Waals surface area (Å²) in [6, 6.07) is 32.4. The van der Waals surface area contributed by atoms with Crippen LogP contribution in [0.15, 0.2) is 142 Å². The molecule has 0 unspecified atom stereocenters. The third kappa shape index (κ3) is 9.94. The summed E-state index contributed by atoms with van der Waals surface area (Å²) in [4.78, 5) is 4.32. The summed E-state index contributed by atoms with van der Waals surface area (Å²) in [6.45, 7) is 11.9. The standard InChI is InChI=1S/2C21H21N2O2.CH4.Ag.2HI.H2O/c2*1-3-22-16-10-5-7-12-18(16)24-20(22)14-9-15-21-23(4-2)17-11-6-8-13-19(17)25-21;;;;;/h2*5-15H,3-4H2,1-2H3;1H4;;2*1H;1H2/q2*+1;;+1;;;/p-2. The van der Waals surface area contributed by atoms with Gasteiger partial charge in [-0.1, -0.05) is 56.0 Å². The van der Waals surface area contributed by atoms with E-state index >= 15 is 0 Å². The van der Waals surface area contributed by atoms with Crippen molar-refractivity contribution < 1.29 is 74.1 Å². The fourth-order valence-electron chi connectivity index (χ4n) is 6.44. The van der Waals surface area contributed by atoms with Crippen LogP contribution in [0.3, 0.4) is 0 Å². The molecular formula is C43H48AgI2N4O5+. The molecule has 8 rings (SSSR count). The Morgan fingerprint density at radius 2 is 0.945 bits per heavy atom. The Morgan fingerprint density at radius 1 is 0.582 bits per heavy atom. The zero-order chi connectivity index (χ0) is 36.5. The molecular weight excluding hydrogens is 1010 g/mol. The average Bonchev–Trinajstić information content (AvgIpc) is 3.94. The molecule has 9 nitrogen and oxygen atoms in total. The Morgan fingerprint density at radius 3 is 1.33 bits per heavy atom. The number of oxazole rings is 2. The maximum atomic E-state index is 5.96. The van der Waals surface area contributed by atoms with Gasteiger partial charge in [0.1, 0.15) is 13.1 Å². The van der Waals surface area contributed by atoms with E-state index < -0.39 is 0 Å².